The quantitative estimate of drug-likeness (QED) is 0.671. The summed E-state index contributed by atoms with van der Waals surface area (Å²) in [5.41, 5.74) is -0.125. The monoisotopic (exact) mass is 206 g/mol. The molecule has 0 amide bonds. The molecule has 1 saturated heterocycles. The fraction of sp³-hybridized carbons (Fsp3) is 0.875. The lowest BCUT2D eigenvalue weighted by molar-refractivity contribution is -0.114. The van der Waals surface area contributed by atoms with E-state index in [1.807, 2.05) is 6.92 Å². The average Bonchev–Trinajstić information content (AvgIpc) is 2.04. The van der Waals surface area contributed by atoms with Gasteiger partial charge in [-0.25, -0.2) is 0 Å². The minimum Gasteiger partial charge on any atom is -0.381 e. The molecule has 0 N–H and O–H groups in total. The molecule has 2 unspecified atom stereocenters. The van der Waals surface area contributed by atoms with E-state index in [1.165, 1.54) is 0 Å². The van der Waals surface area contributed by atoms with Gasteiger partial charge in [0, 0.05) is 12.0 Å². The summed E-state index contributed by atoms with van der Waals surface area (Å²) in [5, 5.41) is -0.465. The Hall–Kier alpha value is 0.330. The van der Waals surface area contributed by atoms with E-state index in [1.54, 1.807) is 0 Å². The van der Waals surface area contributed by atoms with Crippen LogP contribution in [0.2, 0.25) is 0 Å². The van der Waals surface area contributed by atoms with E-state index < -0.39 is 0 Å². The molecule has 0 aromatic rings. The zero-order valence-electron chi connectivity index (χ0n) is 7.12. The van der Waals surface area contributed by atoms with Crippen molar-refractivity contribution in [2.75, 3.05) is 13.2 Å². The van der Waals surface area contributed by atoms with Crippen LogP contribution in [0.3, 0.4) is 0 Å². The standard InChI is InChI=1S/C8H14O2S2/c1-8(6(11)7(9)12)3-2-4-10-5-8/h6,11H,2-5H2,1H3,(H,9,12). The Kier molecular flexibility index (Phi) is 3.49. The van der Waals surface area contributed by atoms with Crippen LogP contribution in [0.5, 0.6) is 0 Å². The topological polar surface area (TPSA) is 26.3 Å². The Balaban J connectivity index is 2.62. The Morgan fingerprint density at radius 2 is 2.33 bits per heavy atom. The van der Waals surface area contributed by atoms with Gasteiger partial charge in [0.25, 0.3) is 0 Å². The van der Waals surface area contributed by atoms with Crippen molar-refractivity contribution in [2.45, 2.75) is 25.0 Å². The molecule has 1 aliphatic heterocycles. The molecule has 0 spiro atoms. The number of hydrogen-bond donors (Lipinski definition) is 2. The summed E-state index contributed by atoms with van der Waals surface area (Å²) >= 11 is 8.03. The van der Waals surface area contributed by atoms with Crippen LogP contribution in [0.4, 0.5) is 0 Å². The summed E-state index contributed by atoms with van der Waals surface area (Å²) < 4.78 is 5.32. The number of thiol groups is 2. The highest BCUT2D eigenvalue weighted by Crippen LogP contribution is 2.35. The molecule has 0 radical (unpaired) electrons. The van der Waals surface area contributed by atoms with Crippen molar-refractivity contribution in [1.82, 2.24) is 0 Å². The largest absolute Gasteiger partial charge is 0.381 e. The predicted octanol–water partition coefficient (Wildman–Crippen LogP) is 1.56. The molecule has 1 heterocycles. The Labute approximate surface area is 83.9 Å². The molecular formula is C8H14O2S2. The summed E-state index contributed by atoms with van der Waals surface area (Å²) in [6.07, 6.45) is 2.00. The van der Waals surface area contributed by atoms with Gasteiger partial charge >= 0.3 is 0 Å². The molecule has 1 rings (SSSR count). The van der Waals surface area contributed by atoms with Gasteiger partial charge in [0.1, 0.15) is 0 Å². The maximum atomic E-state index is 11.0. The van der Waals surface area contributed by atoms with Gasteiger partial charge in [-0.1, -0.05) is 6.92 Å². The number of hydrogen-bond acceptors (Lipinski definition) is 3. The Morgan fingerprint density at radius 1 is 1.67 bits per heavy atom. The van der Waals surface area contributed by atoms with Crippen LogP contribution in [-0.2, 0) is 9.53 Å². The van der Waals surface area contributed by atoms with Crippen molar-refractivity contribution in [3.63, 3.8) is 0 Å². The van der Waals surface area contributed by atoms with Gasteiger partial charge in [-0.3, -0.25) is 4.79 Å². The second kappa shape index (κ2) is 4.03. The molecule has 0 aromatic carbocycles. The van der Waals surface area contributed by atoms with Crippen LogP contribution in [0.15, 0.2) is 0 Å². The fourth-order valence-electron chi connectivity index (χ4n) is 1.47. The highest BCUT2D eigenvalue weighted by molar-refractivity contribution is 7.99. The molecule has 4 heteroatoms. The molecule has 2 atom stereocenters. The smallest absolute Gasteiger partial charge is 0.199 e. The van der Waals surface area contributed by atoms with E-state index in [-0.39, 0.29) is 15.8 Å². The van der Waals surface area contributed by atoms with Gasteiger partial charge in [0.2, 0.25) is 0 Å². The third-order valence-corrected chi connectivity index (χ3v) is 3.68. The molecule has 0 aromatic heterocycles. The predicted molar refractivity (Wildman–Crippen MR) is 54.9 cm³/mol. The molecule has 0 aliphatic carbocycles. The van der Waals surface area contributed by atoms with Crippen molar-refractivity contribution in [3.8, 4) is 0 Å². The van der Waals surface area contributed by atoms with Gasteiger partial charge in [-0.15, -0.1) is 12.6 Å². The molecule has 12 heavy (non-hydrogen) atoms. The molecule has 0 saturated carbocycles. The lowest BCUT2D eigenvalue weighted by Gasteiger charge is -2.36. The Bertz CT molecular complexity index is 176. The minimum absolute atomic E-state index is 0.125. The normalized spacial score (nSPS) is 32.9. The van der Waals surface area contributed by atoms with Crippen molar-refractivity contribution >= 4 is 30.4 Å². The first-order valence-electron chi connectivity index (χ1n) is 4.05. The van der Waals surface area contributed by atoms with Crippen LogP contribution in [0.1, 0.15) is 19.8 Å². The first kappa shape index (κ1) is 10.4. The Morgan fingerprint density at radius 3 is 2.75 bits per heavy atom. The zero-order chi connectivity index (χ0) is 9.19. The molecule has 1 aliphatic rings. The number of rotatable bonds is 2. The van der Waals surface area contributed by atoms with Crippen molar-refractivity contribution in [3.05, 3.63) is 0 Å². The highest BCUT2D eigenvalue weighted by atomic mass is 32.1. The third kappa shape index (κ3) is 2.18. The second-order valence-electron chi connectivity index (χ2n) is 3.55. The molecule has 70 valence electrons. The van der Waals surface area contributed by atoms with E-state index in [0.717, 1.165) is 19.4 Å². The van der Waals surface area contributed by atoms with Crippen LogP contribution >= 0.6 is 25.3 Å². The van der Waals surface area contributed by atoms with Gasteiger partial charge in [-0.05, 0) is 12.8 Å². The van der Waals surface area contributed by atoms with Crippen LogP contribution in [0, 0.1) is 5.41 Å². The number of carbonyl (C=O) groups excluding carboxylic acids is 1. The van der Waals surface area contributed by atoms with Crippen LogP contribution < -0.4 is 0 Å². The van der Waals surface area contributed by atoms with Crippen molar-refractivity contribution in [1.29, 1.82) is 0 Å². The summed E-state index contributed by atoms with van der Waals surface area (Å²) in [7, 11) is 0. The third-order valence-electron chi connectivity index (χ3n) is 2.36. The molecule has 0 bridgehead atoms. The van der Waals surface area contributed by atoms with E-state index in [0.29, 0.717) is 6.61 Å². The lowest BCUT2D eigenvalue weighted by Crippen LogP contribution is -2.39. The van der Waals surface area contributed by atoms with Crippen LogP contribution in [0.25, 0.3) is 0 Å². The SMILES string of the molecule is CC1(C(S)C(=O)S)CCCOC1. The number of carbonyl (C=O) groups is 1. The van der Waals surface area contributed by atoms with E-state index in [9.17, 15) is 4.79 Å². The van der Waals surface area contributed by atoms with Gasteiger partial charge < -0.3 is 4.74 Å². The molecule has 2 nitrogen and oxygen atoms in total. The zero-order valence-corrected chi connectivity index (χ0v) is 8.91. The maximum Gasteiger partial charge on any atom is 0.199 e. The molecular weight excluding hydrogens is 192 g/mol. The van der Waals surface area contributed by atoms with Crippen molar-refractivity contribution in [2.24, 2.45) is 5.41 Å². The van der Waals surface area contributed by atoms with E-state index in [2.05, 4.69) is 25.3 Å². The summed E-state index contributed by atoms with van der Waals surface area (Å²) in [6.45, 7) is 3.45. The van der Waals surface area contributed by atoms with Gasteiger partial charge in [-0.2, -0.15) is 12.6 Å². The first-order chi connectivity index (χ1) is 5.56. The average molecular weight is 206 g/mol. The van der Waals surface area contributed by atoms with E-state index in [4.69, 9.17) is 4.74 Å². The molecule has 1 fully saturated rings. The van der Waals surface area contributed by atoms with E-state index >= 15 is 0 Å². The summed E-state index contributed by atoms with van der Waals surface area (Å²) in [4.78, 5) is 11.0. The second-order valence-corrected chi connectivity index (χ2v) is 4.51. The van der Waals surface area contributed by atoms with Gasteiger partial charge in [0.15, 0.2) is 5.12 Å². The lowest BCUT2D eigenvalue weighted by atomic mass is 9.81. The van der Waals surface area contributed by atoms with Crippen LogP contribution in [-0.4, -0.2) is 23.6 Å². The number of ether oxygens (including phenoxy) is 1. The van der Waals surface area contributed by atoms with Crippen molar-refractivity contribution < 1.29 is 9.53 Å². The fourth-order valence-corrected chi connectivity index (χ4v) is 1.98. The minimum atomic E-state index is -0.305. The summed E-state index contributed by atoms with van der Waals surface area (Å²) in [6, 6.07) is 0. The summed E-state index contributed by atoms with van der Waals surface area (Å²) in [5.74, 6) is 0. The maximum absolute atomic E-state index is 11.0. The highest BCUT2D eigenvalue weighted by Gasteiger charge is 2.37. The first-order valence-corrected chi connectivity index (χ1v) is 5.01. The van der Waals surface area contributed by atoms with Gasteiger partial charge in [0.05, 0.1) is 11.9 Å².